The monoisotopic (exact) mass is 223 g/mol. The molecule has 3 heteroatoms. The third-order valence-corrected chi connectivity index (χ3v) is 3.95. The molecule has 0 radical (unpaired) electrons. The first-order chi connectivity index (χ1) is 7.25. The highest BCUT2D eigenvalue weighted by Crippen LogP contribution is 2.27. The molecule has 2 N–H and O–H groups in total. The Morgan fingerprint density at radius 1 is 1.53 bits per heavy atom. The van der Waals surface area contributed by atoms with E-state index >= 15 is 0 Å². The van der Waals surface area contributed by atoms with Gasteiger partial charge in [0.05, 0.1) is 6.10 Å². The van der Waals surface area contributed by atoms with E-state index in [1.54, 1.807) is 0 Å². The van der Waals surface area contributed by atoms with E-state index in [0.717, 1.165) is 18.0 Å². The third kappa shape index (κ3) is 2.89. The lowest BCUT2D eigenvalue weighted by atomic mass is 10.2. The summed E-state index contributed by atoms with van der Waals surface area (Å²) < 4.78 is 5.59. The number of nitrogen functional groups attached to an aromatic ring is 1. The van der Waals surface area contributed by atoms with Crippen LogP contribution in [0.1, 0.15) is 18.4 Å². The topological polar surface area (TPSA) is 35.2 Å². The summed E-state index contributed by atoms with van der Waals surface area (Å²) in [5.41, 5.74) is 7.91. The summed E-state index contributed by atoms with van der Waals surface area (Å²) in [6.07, 6.45) is 2.85. The van der Waals surface area contributed by atoms with Gasteiger partial charge in [0.25, 0.3) is 0 Å². The number of rotatable bonds is 3. The average Bonchev–Trinajstić information content (AvgIpc) is 2.72. The van der Waals surface area contributed by atoms with Crippen LogP contribution in [0.15, 0.2) is 23.1 Å². The van der Waals surface area contributed by atoms with Gasteiger partial charge in [-0.25, -0.2) is 0 Å². The van der Waals surface area contributed by atoms with Crippen molar-refractivity contribution >= 4 is 17.4 Å². The molecule has 15 heavy (non-hydrogen) atoms. The van der Waals surface area contributed by atoms with Crippen LogP contribution < -0.4 is 5.73 Å². The van der Waals surface area contributed by atoms with Crippen molar-refractivity contribution in [3.05, 3.63) is 23.8 Å². The van der Waals surface area contributed by atoms with Crippen LogP contribution in [0.25, 0.3) is 0 Å². The standard InChI is InChI=1S/C12H17NOS/c1-9-4-5-10(13)7-12(9)15-8-11-3-2-6-14-11/h4-5,7,11H,2-3,6,8,13H2,1H3. The van der Waals surface area contributed by atoms with Crippen LogP contribution in [0.4, 0.5) is 5.69 Å². The second-order valence-corrected chi connectivity index (χ2v) is 5.03. The van der Waals surface area contributed by atoms with Crippen molar-refractivity contribution in [3.8, 4) is 0 Å². The Balaban J connectivity index is 1.94. The fourth-order valence-electron chi connectivity index (χ4n) is 1.73. The van der Waals surface area contributed by atoms with E-state index in [-0.39, 0.29) is 0 Å². The van der Waals surface area contributed by atoms with Crippen LogP contribution in [0.5, 0.6) is 0 Å². The summed E-state index contributed by atoms with van der Waals surface area (Å²) in [5.74, 6) is 1.05. The molecule has 2 rings (SSSR count). The van der Waals surface area contributed by atoms with E-state index in [0.29, 0.717) is 6.10 Å². The summed E-state index contributed by atoms with van der Waals surface area (Å²) in [6.45, 7) is 3.05. The number of anilines is 1. The number of nitrogens with two attached hydrogens (primary N) is 1. The average molecular weight is 223 g/mol. The summed E-state index contributed by atoms with van der Waals surface area (Å²) in [4.78, 5) is 1.28. The highest BCUT2D eigenvalue weighted by molar-refractivity contribution is 7.99. The Hall–Kier alpha value is -0.670. The second-order valence-electron chi connectivity index (χ2n) is 3.97. The summed E-state index contributed by atoms with van der Waals surface area (Å²) in [7, 11) is 0. The number of ether oxygens (including phenoxy) is 1. The van der Waals surface area contributed by atoms with Gasteiger partial charge in [0.1, 0.15) is 0 Å². The maximum atomic E-state index is 5.77. The predicted molar refractivity (Wildman–Crippen MR) is 65.3 cm³/mol. The molecular formula is C12H17NOS. The molecule has 1 fully saturated rings. The number of hydrogen-bond donors (Lipinski definition) is 1. The molecule has 0 saturated carbocycles. The minimum atomic E-state index is 0.441. The molecule has 1 unspecified atom stereocenters. The number of benzene rings is 1. The molecule has 1 heterocycles. The molecule has 0 spiro atoms. The van der Waals surface area contributed by atoms with E-state index in [4.69, 9.17) is 10.5 Å². The highest BCUT2D eigenvalue weighted by atomic mass is 32.2. The van der Waals surface area contributed by atoms with Crippen LogP contribution in [-0.4, -0.2) is 18.5 Å². The van der Waals surface area contributed by atoms with Gasteiger partial charge in [-0.3, -0.25) is 0 Å². The summed E-state index contributed by atoms with van der Waals surface area (Å²) in [6, 6.07) is 6.08. The van der Waals surface area contributed by atoms with E-state index in [2.05, 4.69) is 19.1 Å². The lowest BCUT2D eigenvalue weighted by Crippen LogP contribution is -2.07. The van der Waals surface area contributed by atoms with Gasteiger partial charge in [0.2, 0.25) is 0 Å². The van der Waals surface area contributed by atoms with Crippen molar-refractivity contribution in [3.63, 3.8) is 0 Å². The first kappa shape index (κ1) is 10.8. The third-order valence-electron chi connectivity index (χ3n) is 2.66. The van der Waals surface area contributed by atoms with Crippen molar-refractivity contribution < 1.29 is 4.74 Å². The van der Waals surface area contributed by atoms with Crippen molar-refractivity contribution in [2.45, 2.75) is 30.8 Å². The zero-order chi connectivity index (χ0) is 10.7. The fourth-order valence-corrected chi connectivity index (χ4v) is 2.87. The van der Waals surface area contributed by atoms with Crippen LogP contribution in [0.2, 0.25) is 0 Å². The fraction of sp³-hybridized carbons (Fsp3) is 0.500. The van der Waals surface area contributed by atoms with Gasteiger partial charge >= 0.3 is 0 Å². The molecule has 1 aromatic carbocycles. The lowest BCUT2D eigenvalue weighted by Gasteiger charge is -2.10. The molecule has 1 aliphatic rings. The van der Waals surface area contributed by atoms with Crippen LogP contribution in [-0.2, 0) is 4.74 Å². The Labute approximate surface area is 95.2 Å². The molecule has 2 nitrogen and oxygen atoms in total. The van der Waals surface area contributed by atoms with Crippen LogP contribution in [0, 0.1) is 6.92 Å². The summed E-state index contributed by atoms with van der Waals surface area (Å²) >= 11 is 1.85. The Kier molecular flexibility index (Phi) is 3.54. The van der Waals surface area contributed by atoms with Crippen LogP contribution >= 0.6 is 11.8 Å². The van der Waals surface area contributed by atoms with Crippen molar-refractivity contribution in [1.82, 2.24) is 0 Å². The molecule has 82 valence electrons. The first-order valence-electron chi connectivity index (χ1n) is 5.36. The molecule has 0 bridgehead atoms. The summed E-state index contributed by atoms with van der Waals surface area (Å²) in [5, 5.41) is 0. The molecule has 1 aliphatic heterocycles. The van der Waals surface area contributed by atoms with Gasteiger partial charge in [-0.1, -0.05) is 6.07 Å². The smallest absolute Gasteiger partial charge is 0.0669 e. The van der Waals surface area contributed by atoms with Gasteiger partial charge in [0.15, 0.2) is 0 Å². The Morgan fingerprint density at radius 3 is 3.13 bits per heavy atom. The van der Waals surface area contributed by atoms with Gasteiger partial charge in [-0.2, -0.15) is 0 Å². The van der Waals surface area contributed by atoms with Gasteiger partial charge < -0.3 is 10.5 Å². The normalized spacial score (nSPS) is 20.7. The second kappa shape index (κ2) is 4.90. The number of thioether (sulfide) groups is 1. The Bertz CT molecular complexity index is 334. The molecule has 0 aromatic heterocycles. The zero-order valence-electron chi connectivity index (χ0n) is 9.03. The quantitative estimate of drug-likeness (QED) is 0.632. The minimum absolute atomic E-state index is 0.441. The van der Waals surface area contributed by atoms with E-state index in [9.17, 15) is 0 Å². The lowest BCUT2D eigenvalue weighted by molar-refractivity contribution is 0.129. The molecule has 1 saturated heterocycles. The minimum Gasteiger partial charge on any atom is -0.399 e. The first-order valence-corrected chi connectivity index (χ1v) is 6.35. The molecular weight excluding hydrogens is 206 g/mol. The predicted octanol–water partition coefficient (Wildman–Crippen LogP) is 2.85. The maximum absolute atomic E-state index is 5.77. The van der Waals surface area contributed by atoms with Crippen molar-refractivity contribution in [1.29, 1.82) is 0 Å². The van der Waals surface area contributed by atoms with E-state index in [1.807, 2.05) is 17.8 Å². The number of hydrogen-bond acceptors (Lipinski definition) is 3. The van der Waals surface area contributed by atoms with Crippen molar-refractivity contribution in [2.75, 3.05) is 18.1 Å². The largest absolute Gasteiger partial charge is 0.399 e. The van der Waals surface area contributed by atoms with E-state index < -0.39 is 0 Å². The maximum Gasteiger partial charge on any atom is 0.0669 e. The highest BCUT2D eigenvalue weighted by Gasteiger charge is 2.15. The SMILES string of the molecule is Cc1ccc(N)cc1SCC1CCCO1. The van der Waals surface area contributed by atoms with E-state index in [1.165, 1.54) is 23.3 Å². The molecule has 1 atom stereocenters. The van der Waals surface area contributed by atoms with Gasteiger partial charge in [-0.05, 0) is 37.5 Å². The van der Waals surface area contributed by atoms with Gasteiger partial charge in [-0.15, -0.1) is 11.8 Å². The van der Waals surface area contributed by atoms with Crippen molar-refractivity contribution in [2.24, 2.45) is 0 Å². The van der Waals surface area contributed by atoms with Gasteiger partial charge in [0, 0.05) is 22.9 Å². The molecule has 0 amide bonds. The Morgan fingerprint density at radius 2 is 2.40 bits per heavy atom. The molecule has 0 aliphatic carbocycles. The molecule has 1 aromatic rings. The zero-order valence-corrected chi connectivity index (χ0v) is 9.85. The van der Waals surface area contributed by atoms with Crippen LogP contribution in [0.3, 0.4) is 0 Å². The number of aryl methyl sites for hydroxylation is 1.